The molecule has 5 rings (SSSR count). The van der Waals surface area contributed by atoms with E-state index >= 15 is 0 Å². The van der Waals surface area contributed by atoms with Gasteiger partial charge in [-0.05, 0) is 93.8 Å². The highest BCUT2D eigenvalue weighted by atomic mass is 16.3. The first kappa shape index (κ1) is 14.0. The number of hydrogen-bond donors (Lipinski definition) is 1. The lowest BCUT2D eigenvalue weighted by atomic mass is 9.49. The Morgan fingerprint density at radius 1 is 0.955 bits per heavy atom. The maximum Gasteiger partial charge on any atom is 0.142 e. The van der Waals surface area contributed by atoms with E-state index in [-0.39, 0.29) is 5.41 Å². The molecule has 2 nitrogen and oxygen atoms in total. The van der Waals surface area contributed by atoms with Crippen LogP contribution in [0.15, 0.2) is 0 Å². The van der Waals surface area contributed by atoms with Crippen LogP contribution in [0.1, 0.15) is 65.2 Å². The lowest BCUT2D eigenvalue weighted by molar-refractivity contribution is -0.139. The number of aliphatic hydroxyl groups is 1. The van der Waals surface area contributed by atoms with Crippen molar-refractivity contribution in [3.05, 3.63) is 0 Å². The monoisotopic (exact) mass is 302 g/mol. The molecule has 0 unspecified atom stereocenters. The molecule has 0 amide bonds. The lowest BCUT2D eigenvalue weighted by Crippen LogP contribution is -2.51. The molecule has 0 bridgehead atoms. The molecule has 0 radical (unpaired) electrons. The second-order valence-corrected chi connectivity index (χ2v) is 9.92. The zero-order valence-corrected chi connectivity index (χ0v) is 14.1. The van der Waals surface area contributed by atoms with E-state index in [1.807, 2.05) is 6.92 Å². The molecule has 22 heavy (non-hydrogen) atoms. The van der Waals surface area contributed by atoms with E-state index in [2.05, 4.69) is 6.92 Å². The first-order valence-electron chi connectivity index (χ1n) is 9.67. The van der Waals surface area contributed by atoms with E-state index in [1.165, 1.54) is 32.1 Å². The van der Waals surface area contributed by atoms with Crippen molar-refractivity contribution in [2.24, 2.45) is 46.8 Å². The zero-order valence-electron chi connectivity index (χ0n) is 14.1. The third-order valence-corrected chi connectivity index (χ3v) is 8.69. The number of carbonyl (C=O) groups excluding carboxylic acids is 1. The van der Waals surface area contributed by atoms with Gasteiger partial charge in [-0.1, -0.05) is 6.92 Å². The topological polar surface area (TPSA) is 37.3 Å². The third-order valence-electron chi connectivity index (χ3n) is 8.69. The third kappa shape index (κ3) is 1.68. The Hall–Kier alpha value is -0.370. The van der Waals surface area contributed by atoms with Gasteiger partial charge < -0.3 is 5.11 Å². The Morgan fingerprint density at radius 3 is 2.55 bits per heavy atom. The van der Waals surface area contributed by atoms with Crippen LogP contribution in [-0.4, -0.2) is 16.5 Å². The van der Waals surface area contributed by atoms with Gasteiger partial charge in [0.2, 0.25) is 0 Å². The molecule has 5 saturated carbocycles. The molecule has 0 aliphatic heterocycles. The van der Waals surface area contributed by atoms with Gasteiger partial charge in [0.25, 0.3) is 0 Å². The summed E-state index contributed by atoms with van der Waals surface area (Å²) in [5, 5.41) is 10.4. The van der Waals surface area contributed by atoms with Gasteiger partial charge in [-0.25, -0.2) is 0 Å². The van der Waals surface area contributed by atoms with Crippen molar-refractivity contribution in [1.29, 1.82) is 0 Å². The fraction of sp³-hybridized carbons (Fsp3) is 0.950. The predicted molar refractivity (Wildman–Crippen MR) is 85.1 cm³/mol. The van der Waals surface area contributed by atoms with Crippen LogP contribution in [0, 0.1) is 46.8 Å². The molecule has 5 fully saturated rings. The van der Waals surface area contributed by atoms with Crippen molar-refractivity contribution >= 4 is 5.78 Å². The summed E-state index contributed by atoms with van der Waals surface area (Å²) in [6.07, 6.45) is 9.53. The highest BCUT2D eigenvalue weighted by molar-refractivity contribution is 5.92. The van der Waals surface area contributed by atoms with E-state index in [9.17, 15) is 9.90 Å². The highest BCUT2D eigenvalue weighted by Crippen LogP contribution is 2.70. The summed E-state index contributed by atoms with van der Waals surface area (Å²) in [6.45, 7) is 4.35. The van der Waals surface area contributed by atoms with Gasteiger partial charge in [-0.3, -0.25) is 4.79 Å². The molecule has 5 aliphatic rings. The zero-order chi connectivity index (χ0) is 15.3. The van der Waals surface area contributed by atoms with Gasteiger partial charge in [-0.15, -0.1) is 0 Å². The molecule has 0 aromatic carbocycles. The Labute approximate surface area is 134 Å². The smallest absolute Gasteiger partial charge is 0.142 e. The fourth-order valence-electron chi connectivity index (χ4n) is 7.74. The lowest BCUT2D eigenvalue weighted by Gasteiger charge is -2.56. The standard InChI is InChI=1S/C20H30O2/c1-19(22)7-5-12-11(10-19)3-4-14-13(12)6-8-20(2)17(14)15-9-16(15)18(20)21/h11-17,22H,3-10H2,1-2H3/t11-,12+,13-,14-,15-,16+,17-,19-,20+/m1/s1. The molecule has 1 N–H and O–H groups in total. The minimum absolute atomic E-state index is 0.0434. The molecule has 9 atom stereocenters. The summed E-state index contributed by atoms with van der Waals surface area (Å²) in [6, 6.07) is 0. The summed E-state index contributed by atoms with van der Waals surface area (Å²) >= 11 is 0. The molecule has 0 aromatic rings. The Kier molecular flexibility index (Phi) is 2.66. The van der Waals surface area contributed by atoms with Crippen molar-refractivity contribution in [3.8, 4) is 0 Å². The molecule has 0 spiro atoms. The van der Waals surface area contributed by atoms with E-state index in [4.69, 9.17) is 0 Å². The van der Waals surface area contributed by atoms with Gasteiger partial charge in [0.05, 0.1) is 5.60 Å². The second kappa shape index (κ2) is 4.18. The fourth-order valence-corrected chi connectivity index (χ4v) is 7.74. The summed E-state index contributed by atoms with van der Waals surface area (Å²) in [5.74, 6) is 5.84. The van der Waals surface area contributed by atoms with Crippen molar-refractivity contribution in [1.82, 2.24) is 0 Å². The predicted octanol–water partition coefficient (Wildman–Crippen LogP) is 3.82. The van der Waals surface area contributed by atoms with Crippen LogP contribution in [0.4, 0.5) is 0 Å². The number of carbonyl (C=O) groups is 1. The van der Waals surface area contributed by atoms with Crippen LogP contribution in [0.25, 0.3) is 0 Å². The van der Waals surface area contributed by atoms with Gasteiger partial charge in [0, 0.05) is 11.3 Å². The molecule has 2 heteroatoms. The highest BCUT2D eigenvalue weighted by Gasteiger charge is 2.69. The molecule has 0 saturated heterocycles. The largest absolute Gasteiger partial charge is 0.390 e. The summed E-state index contributed by atoms with van der Waals surface area (Å²) in [4.78, 5) is 12.7. The van der Waals surface area contributed by atoms with Gasteiger partial charge in [0.1, 0.15) is 5.78 Å². The van der Waals surface area contributed by atoms with E-state index in [0.29, 0.717) is 17.6 Å². The van der Waals surface area contributed by atoms with Gasteiger partial charge >= 0.3 is 0 Å². The SMILES string of the molecule is C[C@@]1(O)CC[C@H]2[C@H](CC[C@@H]3[C@@H]2CC[C@]2(C)C(=O)[C@H]4C[C@H]4[C@@H]32)C1. The van der Waals surface area contributed by atoms with E-state index in [0.717, 1.165) is 48.9 Å². The molecule has 122 valence electrons. The van der Waals surface area contributed by atoms with Crippen molar-refractivity contribution in [2.75, 3.05) is 0 Å². The molecule has 0 aromatic heterocycles. The average Bonchev–Trinajstić information content (AvgIpc) is 3.20. The average molecular weight is 302 g/mol. The van der Waals surface area contributed by atoms with Crippen LogP contribution in [0.5, 0.6) is 0 Å². The first-order valence-corrected chi connectivity index (χ1v) is 9.67. The van der Waals surface area contributed by atoms with Crippen LogP contribution in [-0.2, 0) is 4.79 Å². The minimum atomic E-state index is -0.415. The first-order chi connectivity index (χ1) is 10.4. The van der Waals surface area contributed by atoms with Gasteiger partial charge in [-0.2, -0.15) is 0 Å². The quantitative estimate of drug-likeness (QED) is 0.738. The Morgan fingerprint density at radius 2 is 1.73 bits per heavy atom. The Bertz CT molecular complexity index is 524. The van der Waals surface area contributed by atoms with E-state index < -0.39 is 5.60 Å². The molecular formula is C20H30O2. The molecule has 5 aliphatic carbocycles. The van der Waals surface area contributed by atoms with E-state index in [1.54, 1.807) is 0 Å². The van der Waals surface area contributed by atoms with Crippen LogP contribution in [0.2, 0.25) is 0 Å². The number of fused-ring (bicyclic) bond motifs is 7. The number of hydrogen-bond acceptors (Lipinski definition) is 2. The van der Waals surface area contributed by atoms with Crippen LogP contribution < -0.4 is 0 Å². The summed E-state index contributed by atoms with van der Waals surface area (Å²) in [5.41, 5.74) is -0.371. The molecular weight excluding hydrogens is 272 g/mol. The van der Waals surface area contributed by atoms with Crippen LogP contribution >= 0.6 is 0 Å². The number of ketones is 1. The maximum absolute atomic E-state index is 12.7. The Balaban J connectivity index is 1.43. The summed E-state index contributed by atoms with van der Waals surface area (Å²) in [7, 11) is 0. The summed E-state index contributed by atoms with van der Waals surface area (Å²) < 4.78 is 0. The van der Waals surface area contributed by atoms with Crippen LogP contribution in [0.3, 0.4) is 0 Å². The van der Waals surface area contributed by atoms with Crippen molar-refractivity contribution in [3.63, 3.8) is 0 Å². The number of Topliss-reactive ketones (excluding diaryl/α,β-unsaturated/α-hetero) is 1. The number of rotatable bonds is 0. The maximum atomic E-state index is 12.7. The van der Waals surface area contributed by atoms with Crippen molar-refractivity contribution < 1.29 is 9.90 Å². The van der Waals surface area contributed by atoms with Crippen molar-refractivity contribution in [2.45, 2.75) is 70.8 Å². The van der Waals surface area contributed by atoms with Gasteiger partial charge in [0.15, 0.2) is 0 Å². The molecule has 0 heterocycles. The second-order valence-electron chi connectivity index (χ2n) is 9.92. The minimum Gasteiger partial charge on any atom is -0.390 e. The normalized spacial score (nSPS) is 62.7.